The highest BCUT2D eigenvalue weighted by Crippen LogP contribution is 2.22. The van der Waals surface area contributed by atoms with Gasteiger partial charge in [0.25, 0.3) is 0 Å². The zero-order chi connectivity index (χ0) is 14.3. The number of fused-ring (bicyclic) bond motifs is 1. The molecule has 100 valence electrons. The quantitative estimate of drug-likeness (QED) is 0.775. The summed E-state index contributed by atoms with van der Waals surface area (Å²) in [6, 6.07) is 9.80. The summed E-state index contributed by atoms with van der Waals surface area (Å²) in [7, 11) is 0. The molecule has 0 bridgehead atoms. The number of aryl methyl sites for hydroxylation is 2. The number of hydrogen-bond donors (Lipinski definition) is 1. The highest BCUT2D eigenvalue weighted by atomic mass is 16.4. The Kier molecular flexibility index (Phi) is 2.75. The van der Waals surface area contributed by atoms with Crippen LogP contribution in [0.4, 0.5) is 0 Å². The van der Waals surface area contributed by atoms with Crippen LogP contribution in [0.1, 0.15) is 21.6 Å². The third-order valence-corrected chi connectivity index (χ3v) is 3.21. The molecule has 1 N–H and O–H groups in total. The Labute approximate surface area is 115 Å². The number of aromatic nitrogens is 3. The van der Waals surface area contributed by atoms with Gasteiger partial charge in [0.2, 0.25) is 0 Å². The van der Waals surface area contributed by atoms with Crippen LogP contribution >= 0.6 is 0 Å². The molecule has 1 aromatic carbocycles. The fourth-order valence-electron chi connectivity index (χ4n) is 2.14. The van der Waals surface area contributed by atoms with Gasteiger partial charge in [0.05, 0.1) is 11.9 Å². The zero-order valence-corrected chi connectivity index (χ0v) is 11.2. The molecule has 0 radical (unpaired) electrons. The maximum absolute atomic E-state index is 10.9. The number of imidazole rings is 1. The lowest BCUT2D eigenvalue weighted by atomic mass is 10.0. The maximum Gasteiger partial charge on any atom is 0.356 e. The van der Waals surface area contributed by atoms with Crippen LogP contribution in [0, 0.1) is 13.8 Å². The first-order chi connectivity index (χ1) is 9.54. The van der Waals surface area contributed by atoms with E-state index in [-0.39, 0.29) is 5.69 Å². The third-order valence-electron chi connectivity index (χ3n) is 3.21. The largest absolute Gasteiger partial charge is 0.476 e. The van der Waals surface area contributed by atoms with Crippen molar-refractivity contribution in [1.82, 2.24) is 14.6 Å². The van der Waals surface area contributed by atoms with Crippen molar-refractivity contribution in [2.75, 3.05) is 0 Å². The average molecular weight is 267 g/mol. The predicted octanol–water partition coefficient (Wildman–Crippen LogP) is 2.71. The van der Waals surface area contributed by atoms with Gasteiger partial charge in [0, 0.05) is 5.56 Å². The van der Waals surface area contributed by atoms with E-state index in [2.05, 4.69) is 22.2 Å². The van der Waals surface area contributed by atoms with Gasteiger partial charge in [-0.05, 0) is 37.6 Å². The van der Waals surface area contributed by atoms with E-state index < -0.39 is 5.97 Å². The highest BCUT2D eigenvalue weighted by Gasteiger charge is 2.11. The zero-order valence-electron chi connectivity index (χ0n) is 11.2. The molecule has 2 heterocycles. The van der Waals surface area contributed by atoms with E-state index in [4.69, 9.17) is 5.11 Å². The summed E-state index contributed by atoms with van der Waals surface area (Å²) in [5.74, 6) is -1.05. The second-order valence-corrected chi connectivity index (χ2v) is 4.77. The summed E-state index contributed by atoms with van der Waals surface area (Å²) in [6.45, 7) is 4.05. The summed E-state index contributed by atoms with van der Waals surface area (Å²) in [5, 5.41) is 13.4. The number of nitrogens with zero attached hydrogens (tertiary/aromatic N) is 3. The van der Waals surface area contributed by atoms with Crippen LogP contribution in [-0.4, -0.2) is 25.7 Å². The Morgan fingerprint density at radius 1 is 1.20 bits per heavy atom. The lowest BCUT2D eigenvalue weighted by molar-refractivity contribution is 0.0691. The van der Waals surface area contributed by atoms with E-state index in [9.17, 15) is 4.79 Å². The molecule has 3 aromatic rings. The Bertz CT molecular complexity index is 821. The van der Waals surface area contributed by atoms with Gasteiger partial charge in [-0.2, -0.15) is 5.10 Å². The topological polar surface area (TPSA) is 67.5 Å². The first kappa shape index (κ1) is 12.3. The van der Waals surface area contributed by atoms with Gasteiger partial charge < -0.3 is 5.11 Å². The smallest absolute Gasteiger partial charge is 0.356 e. The molecule has 0 spiro atoms. The molecule has 0 atom stereocenters. The molecular formula is C15H13N3O2. The minimum atomic E-state index is -1.05. The van der Waals surface area contributed by atoms with Gasteiger partial charge in [-0.3, -0.25) is 0 Å². The van der Waals surface area contributed by atoms with Gasteiger partial charge in [-0.15, -0.1) is 0 Å². The number of carboxylic acid groups (broad SMARTS) is 1. The van der Waals surface area contributed by atoms with E-state index in [0.29, 0.717) is 5.65 Å². The maximum atomic E-state index is 10.9. The molecule has 0 saturated heterocycles. The molecule has 3 rings (SSSR count). The van der Waals surface area contributed by atoms with Crippen LogP contribution in [0.15, 0.2) is 36.5 Å². The van der Waals surface area contributed by atoms with Crippen molar-refractivity contribution in [3.63, 3.8) is 0 Å². The second kappa shape index (κ2) is 4.45. The minimum absolute atomic E-state index is 0.00406. The molecule has 0 amide bonds. The Hall–Kier alpha value is -2.69. The van der Waals surface area contributed by atoms with Crippen molar-refractivity contribution in [2.24, 2.45) is 0 Å². The summed E-state index contributed by atoms with van der Waals surface area (Å²) in [6.07, 6.45) is 1.42. The van der Waals surface area contributed by atoms with Crippen molar-refractivity contribution in [3.05, 3.63) is 53.3 Å². The number of rotatable bonds is 2. The van der Waals surface area contributed by atoms with Gasteiger partial charge in [-0.1, -0.05) is 17.7 Å². The number of carbonyl (C=O) groups is 1. The van der Waals surface area contributed by atoms with Gasteiger partial charge >= 0.3 is 5.97 Å². The number of carboxylic acids is 1. The van der Waals surface area contributed by atoms with Crippen LogP contribution < -0.4 is 0 Å². The molecule has 0 unspecified atom stereocenters. The van der Waals surface area contributed by atoms with E-state index in [0.717, 1.165) is 22.4 Å². The standard InChI is InChI=1S/C15H13N3O2/c1-9-3-4-10(2)11(7-9)12-5-6-14-16-13(15(19)20)8-18(14)17-12/h3-8H,1-2H3,(H,19,20). The molecule has 0 fully saturated rings. The third kappa shape index (κ3) is 2.03. The van der Waals surface area contributed by atoms with Crippen molar-refractivity contribution < 1.29 is 9.90 Å². The monoisotopic (exact) mass is 267 g/mol. The molecule has 0 aliphatic heterocycles. The summed E-state index contributed by atoms with van der Waals surface area (Å²) < 4.78 is 1.50. The van der Waals surface area contributed by atoms with Crippen LogP contribution in [0.3, 0.4) is 0 Å². The van der Waals surface area contributed by atoms with Gasteiger partial charge in [0.15, 0.2) is 11.3 Å². The van der Waals surface area contributed by atoms with Crippen molar-refractivity contribution >= 4 is 11.6 Å². The van der Waals surface area contributed by atoms with E-state index in [1.165, 1.54) is 10.7 Å². The van der Waals surface area contributed by atoms with Gasteiger partial charge in [0.1, 0.15) is 0 Å². The Morgan fingerprint density at radius 3 is 2.75 bits per heavy atom. The fraction of sp³-hybridized carbons (Fsp3) is 0.133. The number of benzene rings is 1. The minimum Gasteiger partial charge on any atom is -0.476 e. The molecule has 5 nitrogen and oxygen atoms in total. The van der Waals surface area contributed by atoms with Crippen LogP contribution in [0.2, 0.25) is 0 Å². The van der Waals surface area contributed by atoms with Crippen molar-refractivity contribution in [2.45, 2.75) is 13.8 Å². The molecule has 2 aromatic heterocycles. The Balaban J connectivity index is 2.17. The SMILES string of the molecule is Cc1ccc(C)c(-c2ccc3nc(C(=O)O)cn3n2)c1. The molecule has 0 aliphatic rings. The molecular weight excluding hydrogens is 254 g/mol. The molecule has 0 saturated carbocycles. The number of aromatic carboxylic acids is 1. The molecule has 0 aliphatic carbocycles. The van der Waals surface area contributed by atoms with E-state index >= 15 is 0 Å². The first-order valence-electron chi connectivity index (χ1n) is 6.22. The van der Waals surface area contributed by atoms with E-state index in [1.54, 1.807) is 6.07 Å². The average Bonchev–Trinajstić information content (AvgIpc) is 2.84. The van der Waals surface area contributed by atoms with E-state index in [1.807, 2.05) is 26.0 Å². The first-order valence-corrected chi connectivity index (χ1v) is 6.22. The van der Waals surface area contributed by atoms with Crippen LogP contribution in [0.25, 0.3) is 16.9 Å². The fourth-order valence-corrected chi connectivity index (χ4v) is 2.14. The number of hydrogen-bond acceptors (Lipinski definition) is 3. The lowest BCUT2D eigenvalue weighted by Crippen LogP contribution is -1.96. The second-order valence-electron chi connectivity index (χ2n) is 4.77. The predicted molar refractivity (Wildman–Crippen MR) is 74.9 cm³/mol. The highest BCUT2D eigenvalue weighted by molar-refractivity contribution is 5.86. The normalized spacial score (nSPS) is 10.9. The molecule has 5 heteroatoms. The van der Waals surface area contributed by atoms with Crippen LogP contribution in [-0.2, 0) is 0 Å². The Morgan fingerprint density at radius 2 is 2.00 bits per heavy atom. The summed E-state index contributed by atoms with van der Waals surface area (Å²) in [5.41, 5.74) is 4.64. The molecule has 20 heavy (non-hydrogen) atoms. The van der Waals surface area contributed by atoms with Crippen LogP contribution in [0.5, 0.6) is 0 Å². The van der Waals surface area contributed by atoms with Crippen molar-refractivity contribution in [3.8, 4) is 11.3 Å². The van der Waals surface area contributed by atoms with Crippen molar-refractivity contribution in [1.29, 1.82) is 0 Å². The lowest BCUT2D eigenvalue weighted by Gasteiger charge is -2.06. The summed E-state index contributed by atoms with van der Waals surface area (Å²) >= 11 is 0. The van der Waals surface area contributed by atoms with Gasteiger partial charge in [-0.25, -0.2) is 14.3 Å². The summed E-state index contributed by atoms with van der Waals surface area (Å²) in [4.78, 5) is 14.9.